The Morgan fingerprint density at radius 1 is 1.00 bits per heavy atom. The molecule has 3 aromatic carbocycles. The first kappa shape index (κ1) is 31.0. The minimum Gasteiger partial charge on any atom is -0.497 e. The molecular formula is C33H32FN5O6. The lowest BCUT2D eigenvalue weighted by Crippen LogP contribution is -2.34. The highest BCUT2D eigenvalue weighted by molar-refractivity contribution is 6.05. The van der Waals surface area contributed by atoms with Crippen LogP contribution in [-0.2, 0) is 16.1 Å². The zero-order chi connectivity index (χ0) is 32.2. The highest BCUT2D eigenvalue weighted by Crippen LogP contribution is 2.32. The number of halogens is 1. The third-order valence-corrected chi connectivity index (χ3v) is 7.03. The summed E-state index contributed by atoms with van der Waals surface area (Å²) in [5.41, 5.74) is 6.72. The van der Waals surface area contributed by atoms with E-state index in [0.29, 0.717) is 39.5 Å². The molecule has 45 heavy (non-hydrogen) atoms. The molecule has 232 valence electrons. The number of esters is 1. The van der Waals surface area contributed by atoms with Gasteiger partial charge in [-0.1, -0.05) is 18.2 Å². The summed E-state index contributed by atoms with van der Waals surface area (Å²) in [7, 11) is 1.51. The van der Waals surface area contributed by atoms with E-state index in [1.54, 1.807) is 85.3 Å². The number of aromatic nitrogens is 3. The fourth-order valence-electron chi connectivity index (χ4n) is 4.83. The van der Waals surface area contributed by atoms with Gasteiger partial charge in [0.15, 0.2) is 0 Å². The van der Waals surface area contributed by atoms with Crippen LogP contribution in [0.5, 0.6) is 17.2 Å². The van der Waals surface area contributed by atoms with Crippen molar-refractivity contribution in [2.75, 3.05) is 12.4 Å². The summed E-state index contributed by atoms with van der Waals surface area (Å²) >= 11 is 0. The Labute approximate surface area is 257 Å². The Bertz CT molecular complexity index is 1920. The maximum absolute atomic E-state index is 14.2. The minimum absolute atomic E-state index is 0.0703. The number of ether oxygens (including phenoxy) is 3. The van der Waals surface area contributed by atoms with Gasteiger partial charge in [-0.05, 0) is 69.3 Å². The van der Waals surface area contributed by atoms with Gasteiger partial charge in [-0.3, -0.25) is 19.1 Å². The van der Waals surface area contributed by atoms with E-state index in [1.165, 1.54) is 24.8 Å². The molecule has 12 heteroatoms. The maximum Gasteiger partial charge on any atom is 0.322 e. The summed E-state index contributed by atoms with van der Waals surface area (Å²) in [6.45, 7) is 4.96. The topological polar surface area (TPSA) is 140 Å². The zero-order valence-electron chi connectivity index (χ0n) is 25.1. The number of nitrogens with two attached hydrogens (primary N) is 1. The second kappa shape index (κ2) is 13.0. The molecule has 5 aromatic rings. The van der Waals surface area contributed by atoms with Crippen LogP contribution in [0.4, 0.5) is 10.1 Å². The van der Waals surface area contributed by atoms with Crippen molar-refractivity contribution in [1.29, 1.82) is 0 Å². The molecule has 1 amide bonds. The Morgan fingerprint density at radius 2 is 1.69 bits per heavy atom. The van der Waals surface area contributed by atoms with Gasteiger partial charge < -0.3 is 25.3 Å². The molecule has 0 bridgehead atoms. The number of rotatable bonds is 10. The normalized spacial score (nSPS) is 12.4. The van der Waals surface area contributed by atoms with Crippen LogP contribution in [0.2, 0.25) is 0 Å². The van der Waals surface area contributed by atoms with Crippen molar-refractivity contribution in [3.63, 3.8) is 0 Å². The lowest BCUT2D eigenvalue weighted by molar-refractivity contribution is -0.150. The lowest BCUT2D eigenvalue weighted by atomic mass is 10.2. The quantitative estimate of drug-likeness (QED) is 0.166. The van der Waals surface area contributed by atoms with E-state index in [-0.39, 0.29) is 17.9 Å². The summed E-state index contributed by atoms with van der Waals surface area (Å²) < 4.78 is 33.8. The Hall–Kier alpha value is -5.49. The van der Waals surface area contributed by atoms with Crippen molar-refractivity contribution in [1.82, 2.24) is 14.3 Å². The summed E-state index contributed by atoms with van der Waals surface area (Å²) in [4.78, 5) is 43.1. The van der Waals surface area contributed by atoms with E-state index < -0.39 is 35.5 Å². The number of nitrogens with one attached hydrogen (secondary N) is 1. The van der Waals surface area contributed by atoms with Crippen molar-refractivity contribution in [3.8, 4) is 22.9 Å². The van der Waals surface area contributed by atoms with Crippen LogP contribution < -0.4 is 26.1 Å². The number of methoxy groups -OCH3 is 1. The zero-order valence-corrected chi connectivity index (χ0v) is 25.1. The number of fused-ring (bicyclic) bond motifs is 1. The third-order valence-electron chi connectivity index (χ3n) is 7.03. The van der Waals surface area contributed by atoms with Gasteiger partial charge in [0.2, 0.25) is 5.95 Å². The predicted molar refractivity (Wildman–Crippen MR) is 167 cm³/mol. The van der Waals surface area contributed by atoms with Crippen molar-refractivity contribution >= 4 is 28.5 Å². The second-order valence-electron chi connectivity index (χ2n) is 10.4. The first-order chi connectivity index (χ1) is 21.5. The van der Waals surface area contributed by atoms with Crippen molar-refractivity contribution < 1.29 is 28.2 Å². The number of carbonyl (C=O) groups is 2. The molecule has 2 atom stereocenters. The van der Waals surface area contributed by atoms with Crippen LogP contribution in [0.3, 0.4) is 0 Å². The van der Waals surface area contributed by atoms with Gasteiger partial charge in [0.25, 0.3) is 11.5 Å². The predicted octanol–water partition coefficient (Wildman–Crippen LogP) is 4.97. The number of pyridine rings is 1. The number of anilines is 1. The Kier molecular flexibility index (Phi) is 8.96. The number of hydrogen-bond acceptors (Lipinski definition) is 8. The summed E-state index contributed by atoms with van der Waals surface area (Å²) in [5.74, 6) is -0.720. The molecule has 0 aliphatic heterocycles. The molecule has 0 spiro atoms. The van der Waals surface area contributed by atoms with E-state index >= 15 is 0 Å². The molecule has 11 nitrogen and oxygen atoms in total. The maximum atomic E-state index is 14.2. The molecule has 0 saturated carbocycles. The smallest absolute Gasteiger partial charge is 0.322 e. The fourth-order valence-corrected chi connectivity index (χ4v) is 4.83. The van der Waals surface area contributed by atoms with E-state index in [1.807, 2.05) is 6.07 Å². The first-order valence-electron chi connectivity index (χ1n) is 14.1. The molecule has 2 aromatic heterocycles. The van der Waals surface area contributed by atoms with Gasteiger partial charge >= 0.3 is 5.97 Å². The summed E-state index contributed by atoms with van der Waals surface area (Å²) in [6.07, 6.45) is -0.638. The summed E-state index contributed by atoms with van der Waals surface area (Å²) in [6, 6.07) is 20.7. The molecule has 2 heterocycles. The first-order valence-corrected chi connectivity index (χ1v) is 14.1. The van der Waals surface area contributed by atoms with E-state index in [2.05, 4.69) is 10.3 Å². The number of nitrogens with zero attached hydrogens (tertiary/aromatic N) is 3. The van der Waals surface area contributed by atoms with E-state index in [0.717, 1.165) is 0 Å². The van der Waals surface area contributed by atoms with Gasteiger partial charge in [0, 0.05) is 23.2 Å². The van der Waals surface area contributed by atoms with Gasteiger partial charge in [-0.15, -0.1) is 0 Å². The SMILES string of the molecule is COc1ccc2c(Oc3ccc(NC(=O)c4c(C)n(C[C@@H](C)OC(=O)[C@H](C)N)n(-c5ccccc5)c4=O)cc3)cc(F)nc2c1. The average Bonchev–Trinajstić information content (AvgIpc) is 3.26. The highest BCUT2D eigenvalue weighted by atomic mass is 19.1. The van der Waals surface area contributed by atoms with Crippen molar-refractivity contribution in [3.05, 3.63) is 106 Å². The monoisotopic (exact) mass is 613 g/mol. The standard InChI is InChI=1S/C33H32FN5O6/c1-19(44-33(42)20(2)35)18-38-21(3)30(32(41)39(38)23-8-6-5-7-9-23)31(40)36-22-10-12-24(13-11-22)45-28-17-29(34)37-27-16-25(43-4)14-15-26(27)28/h5-17,19-20H,18,35H2,1-4H3,(H,36,40)/t19-,20+/m1/s1. The van der Waals surface area contributed by atoms with Crippen LogP contribution in [0, 0.1) is 12.9 Å². The van der Waals surface area contributed by atoms with Crippen LogP contribution in [0.15, 0.2) is 83.7 Å². The average molecular weight is 614 g/mol. The molecule has 0 saturated heterocycles. The largest absolute Gasteiger partial charge is 0.497 e. The van der Waals surface area contributed by atoms with Crippen LogP contribution in [0.25, 0.3) is 16.6 Å². The highest BCUT2D eigenvalue weighted by Gasteiger charge is 2.26. The van der Waals surface area contributed by atoms with Gasteiger partial charge in [-0.2, -0.15) is 4.39 Å². The van der Waals surface area contributed by atoms with Gasteiger partial charge in [-0.25, -0.2) is 9.67 Å². The number of benzene rings is 3. The van der Waals surface area contributed by atoms with E-state index in [4.69, 9.17) is 19.9 Å². The van der Waals surface area contributed by atoms with Crippen LogP contribution in [-0.4, -0.2) is 45.5 Å². The van der Waals surface area contributed by atoms with Crippen LogP contribution in [0.1, 0.15) is 29.9 Å². The number of hydrogen-bond donors (Lipinski definition) is 2. The molecule has 5 rings (SSSR count). The van der Waals surface area contributed by atoms with Crippen molar-refractivity contribution in [2.45, 2.75) is 39.5 Å². The minimum atomic E-state index is -0.804. The fraction of sp³-hybridized carbons (Fsp3) is 0.212. The molecule has 0 fully saturated rings. The van der Waals surface area contributed by atoms with E-state index in [9.17, 15) is 18.8 Å². The number of para-hydroxylation sites is 1. The van der Waals surface area contributed by atoms with Gasteiger partial charge in [0.05, 0.1) is 30.6 Å². The van der Waals surface area contributed by atoms with Crippen molar-refractivity contribution in [2.24, 2.45) is 5.73 Å². The van der Waals surface area contributed by atoms with Crippen LogP contribution >= 0.6 is 0 Å². The molecule has 0 aliphatic carbocycles. The summed E-state index contributed by atoms with van der Waals surface area (Å²) in [5, 5.41) is 3.36. The molecule has 0 aliphatic rings. The molecule has 0 unspecified atom stereocenters. The molecule has 0 radical (unpaired) electrons. The Morgan fingerprint density at radius 3 is 2.36 bits per heavy atom. The lowest BCUT2D eigenvalue weighted by Gasteiger charge is -2.19. The third kappa shape index (κ3) is 6.70. The van der Waals surface area contributed by atoms with Gasteiger partial charge in [0.1, 0.15) is 35.0 Å². The Balaban J connectivity index is 1.39. The number of carbonyl (C=O) groups excluding carboxylic acids is 2. The second-order valence-corrected chi connectivity index (χ2v) is 10.4. The molecular weight excluding hydrogens is 581 g/mol. The number of amides is 1. The molecule has 3 N–H and O–H groups in total.